The molecule has 0 aliphatic carbocycles. The third kappa shape index (κ3) is 24.1. The summed E-state index contributed by atoms with van der Waals surface area (Å²) in [4.78, 5) is 35.2. The second-order valence-corrected chi connectivity index (χ2v) is 11.7. The predicted molar refractivity (Wildman–Crippen MR) is 145 cm³/mol. The molecule has 10 heteroatoms. The Balaban J connectivity index is -0.00000612. The van der Waals surface area contributed by atoms with Gasteiger partial charge in [-0.15, -0.1) is 0 Å². The first kappa shape index (κ1) is 42.8. The van der Waals surface area contributed by atoms with Crippen LogP contribution in [0.4, 0.5) is 4.79 Å². The van der Waals surface area contributed by atoms with Gasteiger partial charge in [-0.1, -0.05) is 84.3 Å². The van der Waals surface area contributed by atoms with Gasteiger partial charge in [-0.25, -0.2) is 4.79 Å². The van der Waals surface area contributed by atoms with Crippen LogP contribution in [0.3, 0.4) is 0 Å². The van der Waals surface area contributed by atoms with Crippen molar-refractivity contribution in [3.63, 3.8) is 0 Å². The van der Waals surface area contributed by atoms with E-state index >= 15 is 0 Å². The number of carboxylic acid groups (broad SMARTS) is 2. The Hall–Kier alpha value is 0.300. The molecule has 3 atom stereocenters. The Morgan fingerprint density at radius 1 is 0.895 bits per heavy atom. The molecule has 0 fully saturated rings. The van der Waals surface area contributed by atoms with Crippen molar-refractivity contribution in [2.45, 2.75) is 105 Å². The number of nitrogens with zero attached hydrogens (tertiary/aromatic N) is 1. The molecule has 0 aliphatic heterocycles. The summed E-state index contributed by atoms with van der Waals surface area (Å²) in [6, 6.07) is -1.94. The van der Waals surface area contributed by atoms with E-state index in [0.29, 0.717) is 5.75 Å². The molecule has 0 saturated heterocycles. The van der Waals surface area contributed by atoms with Crippen LogP contribution < -0.4 is 74.6 Å². The molecule has 0 aromatic rings. The number of hydrogen-bond donors (Lipinski definition) is 1. The van der Waals surface area contributed by atoms with E-state index in [1.807, 2.05) is 0 Å². The van der Waals surface area contributed by atoms with Gasteiger partial charge in [0.05, 0.1) is 24.5 Å². The molecular formula is C28H50N2Na2O5S. The summed E-state index contributed by atoms with van der Waals surface area (Å²) in [5.74, 6) is 0.378. The Kier molecular flexibility index (Phi) is 29.5. The Labute approximate surface area is 280 Å². The Bertz CT molecular complexity index is 680. The van der Waals surface area contributed by atoms with Crippen molar-refractivity contribution in [2.24, 2.45) is 17.8 Å². The van der Waals surface area contributed by atoms with E-state index in [2.05, 4.69) is 46.0 Å². The van der Waals surface area contributed by atoms with Crippen LogP contribution in [0.15, 0.2) is 11.6 Å². The monoisotopic (exact) mass is 572 g/mol. The first-order valence-corrected chi connectivity index (χ1v) is 14.8. The topological polar surface area (TPSA) is 113 Å². The van der Waals surface area contributed by atoms with E-state index in [4.69, 9.17) is 0 Å². The van der Waals surface area contributed by atoms with E-state index in [-0.39, 0.29) is 71.4 Å². The van der Waals surface area contributed by atoms with Crippen molar-refractivity contribution < 1.29 is 83.7 Å². The number of allylic oxidation sites excluding steroid dienone is 1. The third-order valence-electron chi connectivity index (χ3n) is 6.55. The minimum absolute atomic E-state index is 0. The third-order valence-corrected chi connectivity index (χ3v) is 7.52. The normalized spacial score (nSPS) is 13.6. The summed E-state index contributed by atoms with van der Waals surface area (Å²) in [6.07, 6.45) is 13.5. The van der Waals surface area contributed by atoms with Crippen molar-refractivity contribution in [1.29, 1.82) is 0 Å². The van der Waals surface area contributed by atoms with Gasteiger partial charge >= 0.3 is 65.1 Å². The first-order chi connectivity index (χ1) is 17.0. The largest absolute Gasteiger partial charge is 1.00 e. The standard InChI is InChI=1S/C28H52N2O5S.2Na/c1-7-30(19-26(31)32)28(35)29-25(27(33)34)20-36-18-17-24(6)16-10-15-23(5)14-9-13-22(4)12-8-11-21(2)3;;/h17,21-23,25H,7-16,18-20H2,1-6H3,(H,29,35)(H,31,32)(H,33,34);;/q;2*+1/p-2/b24-17+;;/t22?,23?,25-;;/m0../s1. The number of urea groups is 1. The summed E-state index contributed by atoms with van der Waals surface area (Å²) in [5, 5.41) is 24.4. The number of carbonyl (C=O) groups is 3. The van der Waals surface area contributed by atoms with Gasteiger partial charge in [-0.3, -0.25) is 0 Å². The quantitative estimate of drug-likeness (QED) is 0.0969. The van der Waals surface area contributed by atoms with Crippen LogP contribution in [0.2, 0.25) is 0 Å². The van der Waals surface area contributed by atoms with Gasteiger partial charge in [-0.2, -0.15) is 11.8 Å². The van der Waals surface area contributed by atoms with Crippen LogP contribution in [0, 0.1) is 17.8 Å². The number of aliphatic carboxylic acids is 2. The van der Waals surface area contributed by atoms with Crippen molar-refractivity contribution in [3.8, 4) is 0 Å². The second kappa shape index (κ2) is 26.2. The van der Waals surface area contributed by atoms with E-state index in [1.54, 1.807) is 6.92 Å². The number of thioether (sulfide) groups is 1. The van der Waals surface area contributed by atoms with E-state index < -0.39 is 30.6 Å². The molecule has 1 N–H and O–H groups in total. The SMILES string of the molecule is CCN(CC(=O)[O-])C(=O)N[C@@H](CSC/C=C(\C)CCCC(C)CCCC(C)CCCC(C)C)C(=O)[O-].[Na+].[Na+]. The molecule has 38 heavy (non-hydrogen) atoms. The maximum atomic E-state index is 12.1. The number of carbonyl (C=O) groups excluding carboxylic acids is 3. The predicted octanol–water partition coefficient (Wildman–Crippen LogP) is -1.99. The molecule has 2 unspecified atom stereocenters. The van der Waals surface area contributed by atoms with Gasteiger partial charge in [-0.05, 0) is 44.4 Å². The van der Waals surface area contributed by atoms with Gasteiger partial charge in [0.25, 0.3) is 0 Å². The number of carboxylic acids is 2. The van der Waals surface area contributed by atoms with Crippen molar-refractivity contribution in [1.82, 2.24) is 10.2 Å². The summed E-state index contributed by atoms with van der Waals surface area (Å²) < 4.78 is 0. The molecule has 0 radical (unpaired) electrons. The number of hydrogen-bond acceptors (Lipinski definition) is 6. The number of likely N-dealkylation sites (N-methyl/N-ethyl adjacent to an activating group) is 1. The average Bonchev–Trinajstić information content (AvgIpc) is 2.78. The van der Waals surface area contributed by atoms with Gasteiger partial charge in [0.2, 0.25) is 0 Å². The van der Waals surface area contributed by atoms with Crippen molar-refractivity contribution in [2.75, 3.05) is 24.6 Å². The van der Waals surface area contributed by atoms with Crippen LogP contribution in [0.5, 0.6) is 0 Å². The fourth-order valence-corrected chi connectivity index (χ4v) is 5.08. The smallest absolute Gasteiger partial charge is 0.548 e. The van der Waals surface area contributed by atoms with Crippen molar-refractivity contribution >= 4 is 29.7 Å². The van der Waals surface area contributed by atoms with Gasteiger partial charge in [0.1, 0.15) is 0 Å². The van der Waals surface area contributed by atoms with Gasteiger partial charge < -0.3 is 30.0 Å². The van der Waals surface area contributed by atoms with Gasteiger partial charge in [0.15, 0.2) is 0 Å². The molecule has 7 nitrogen and oxygen atoms in total. The molecule has 0 heterocycles. The van der Waals surface area contributed by atoms with E-state index in [0.717, 1.165) is 35.5 Å². The number of rotatable bonds is 21. The molecule has 0 rings (SSSR count). The summed E-state index contributed by atoms with van der Waals surface area (Å²) >= 11 is 1.39. The van der Waals surface area contributed by atoms with Crippen LogP contribution >= 0.6 is 11.8 Å². The Morgan fingerprint density at radius 2 is 1.42 bits per heavy atom. The maximum absolute atomic E-state index is 12.1. The van der Waals surface area contributed by atoms with E-state index in [1.165, 1.54) is 62.3 Å². The number of nitrogens with one attached hydrogen (secondary N) is 1. The second-order valence-electron chi connectivity index (χ2n) is 10.7. The maximum Gasteiger partial charge on any atom is 1.00 e. The molecule has 0 spiro atoms. The van der Waals surface area contributed by atoms with Crippen LogP contribution in [-0.2, 0) is 9.59 Å². The molecule has 210 valence electrons. The zero-order chi connectivity index (χ0) is 27.5. The van der Waals surface area contributed by atoms with Crippen LogP contribution in [0.25, 0.3) is 0 Å². The van der Waals surface area contributed by atoms with Crippen LogP contribution in [0.1, 0.15) is 99.3 Å². The molecule has 0 aromatic carbocycles. The fourth-order valence-electron chi connectivity index (χ4n) is 4.09. The summed E-state index contributed by atoms with van der Waals surface area (Å²) in [7, 11) is 0. The minimum atomic E-state index is -1.40. The molecule has 2 amide bonds. The molecule has 0 saturated carbocycles. The molecule has 0 aliphatic rings. The molecule has 0 bridgehead atoms. The summed E-state index contributed by atoms with van der Waals surface area (Å²) in [6.45, 7) is 12.6. The Morgan fingerprint density at radius 3 is 1.89 bits per heavy atom. The van der Waals surface area contributed by atoms with Crippen molar-refractivity contribution in [3.05, 3.63) is 11.6 Å². The van der Waals surface area contributed by atoms with E-state index in [9.17, 15) is 24.6 Å². The zero-order valence-corrected chi connectivity index (χ0v) is 30.3. The summed E-state index contributed by atoms with van der Waals surface area (Å²) in [5.41, 5.74) is 1.29. The number of amides is 2. The average molecular weight is 573 g/mol. The molecule has 0 aromatic heterocycles. The zero-order valence-electron chi connectivity index (χ0n) is 25.5. The molecular weight excluding hydrogens is 522 g/mol. The first-order valence-electron chi connectivity index (χ1n) is 13.7. The minimum Gasteiger partial charge on any atom is -0.548 e. The van der Waals surface area contributed by atoms with Crippen LogP contribution in [-0.4, -0.2) is 53.5 Å². The van der Waals surface area contributed by atoms with Gasteiger partial charge in [0, 0.05) is 18.1 Å². The fraction of sp³-hybridized carbons (Fsp3) is 0.821.